The monoisotopic (exact) mass is 714 g/mol. The normalized spacial score (nSPS) is 12.1. The predicted octanol–water partition coefficient (Wildman–Crippen LogP) is 8.47. The number of nitrogens with zero attached hydrogens (tertiary/aromatic N) is 2. The number of ether oxygens (including phenoxy) is 1. The number of nitro benzene ring substituents is 1. The number of hydrogen-bond donors (Lipinski definition) is 3. The van der Waals surface area contributed by atoms with Crippen molar-refractivity contribution in [3.63, 3.8) is 0 Å². The molecule has 0 fully saturated rings. The van der Waals surface area contributed by atoms with Crippen molar-refractivity contribution in [3.8, 4) is 0 Å². The Morgan fingerprint density at radius 2 is 1.43 bits per heavy atom. The van der Waals surface area contributed by atoms with Gasteiger partial charge in [0.25, 0.3) is 5.69 Å². The van der Waals surface area contributed by atoms with Crippen LogP contribution in [-0.4, -0.2) is 58.7 Å². The summed E-state index contributed by atoms with van der Waals surface area (Å²) in [5, 5.41) is 27.5. The van der Waals surface area contributed by atoms with Gasteiger partial charge in [-0.2, -0.15) is 0 Å². The van der Waals surface area contributed by atoms with Gasteiger partial charge in [-0.15, -0.1) is 0 Å². The molecule has 0 aliphatic rings. The molecule has 2 atom stereocenters. The quantitative estimate of drug-likeness (QED) is 0.0564. The van der Waals surface area contributed by atoms with Crippen LogP contribution in [0, 0.1) is 16.0 Å². The van der Waals surface area contributed by atoms with Crippen molar-refractivity contribution in [1.82, 2.24) is 9.62 Å². The SMILES string of the molecule is CC.COC(=O)NC(C(=O)Nc1ccccc1CCC(CO)N(CCC(C)C)Sc1ccc([N+](=O)[O-])cc1)C(c1ccccc1)c1ccccc1. The molecule has 0 radical (unpaired) electrons. The lowest BCUT2D eigenvalue weighted by Gasteiger charge is -2.30. The molecule has 4 aromatic carbocycles. The second-order valence-corrected chi connectivity index (χ2v) is 13.2. The standard InChI is InChI=1S/C38H44N4O6S.C2H6/c1-27(2)24-25-41(49-33-22-20-31(21-23-33)42(46)47)32(26-43)19-18-28-12-10-11-17-34(28)39-37(44)36(40-38(45)48-3)35(29-13-6-4-7-14-29)30-15-8-5-9-16-30;1-2/h4-17,20-23,27,32,35-36,43H,18-19,24-26H2,1-3H3,(H,39,44)(H,40,45);1-2H3. The van der Waals surface area contributed by atoms with Gasteiger partial charge < -0.3 is 20.5 Å². The minimum Gasteiger partial charge on any atom is -0.453 e. The Kier molecular flexibility index (Phi) is 17.2. The first kappa shape index (κ1) is 40.7. The molecular formula is C40H50N4O6S. The molecule has 0 aliphatic carbocycles. The molecule has 0 saturated heterocycles. The number of aryl methyl sites for hydroxylation is 1. The summed E-state index contributed by atoms with van der Waals surface area (Å²) >= 11 is 1.47. The number of nitro groups is 1. The summed E-state index contributed by atoms with van der Waals surface area (Å²) in [6.45, 7) is 8.91. The maximum Gasteiger partial charge on any atom is 0.407 e. The van der Waals surface area contributed by atoms with Crippen LogP contribution in [0.2, 0.25) is 0 Å². The molecule has 0 heterocycles. The minimum absolute atomic E-state index is 0.0262. The number of para-hydroxylation sites is 1. The number of aliphatic hydroxyl groups is 1. The van der Waals surface area contributed by atoms with Gasteiger partial charge in [0.1, 0.15) is 6.04 Å². The Bertz CT molecular complexity index is 1600. The van der Waals surface area contributed by atoms with E-state index in [0.29, 0.717) is 31.0 Å². The van der Waals surface area contributed by atoms with Gasteiger partial charge in [-0.1, -0.05) is 107 Å². The smallest absolute Gasteiger partial charge is 0.407 e. The Morgan fingerprint density at radius 1 is 0.863 bits per heavy atom. The van der Waals surface area contributed by atoms with Crippen LogP contribution >= 0.6 is 11.9 Å². The van der Waals surface area contributed by atoms with Crippen LogP contribution in [0.1, 0.15) is 63.1 Å². The lowest BCUT2D eigenvalue weighted by Crippen LogP contribution is -2.48. The van der Waals surface area contributed by atoms with E-state index < -0.39 is 28.9 Å². The fourth-order valence-electron chi connectivity index (χ4n) is 5.56. The molecule has 4 rings (SSSR count). The van der Waals surface area contributed by atoms with Crippen LogP contribution in [0.5, 0.6) is 0 Å². The summed E-state index contributed by atoms with van der Waals surface area (Å²) < 4.78 is 7.07. The van der Waals surface area contributed by atoms with Crippen molar-refractivity contribution in [2.75, 3.05) is 25.6 Å². The molecule has 0 spiro atoms. The maximum absolute atomic E-state index is 14.2. The Balaban J connectivity index is 0.00000345. The van der Waals surface area contributed by atoms with Gasteiger partial charge in [0, 0.05) is 41.2 Å². The first-order chi connectivity index (χ1) is 24.7. The number of benzene rings is 4. The van der Waals surface area contributed by atoms with Crippen molar-refractivity contribution in [1.29, 1.82) is 0 Å². The highest BCUT2D eigenvalue weighted by atomic mass is 32.2. The molecule has 0 aromatic heterocycles. The van der Waals surface area contributed by atoms with Crippen molar-refractivity contribution < 1.29 is 24.4 Å². The van der Waals surface area contributed by atoms with E-state index in [4.69, 9.17) is 4.74 Å². The van der Waals surface area contributed by atoms with E-state index in [0.717, 1.165) is 28.0 Å². The van der Waals surface area contributed by atoms with Gasteiger partial charge >= 0.3 is 6.09 Å². The van der Waals surface area contributed by atoms with Crippen LogP contribution in [0.3, 0.4) is 0 Å². The van der Waals surface area contributed by atoms with Gasteiger partial charge in [0.05, 0.1) is 18.6 Å². The summed E-state index contributed by atoms with van der Waals surface area (Å²) in [5.41, 5.74) is 3.23. The number of rotatable bonds is 17. The second-order valence-electron chi connectivity index (χ2n) is 12.1. The highest BCUT2D eigenvalue weighted by Gasteiger charge is 2.33. The van der Waals surface area contributed by atoms with E-state index in [2.05, 4.69) is 28.8 Å². The van der Waals surface area contributed by atoms with Gasteiger partial charge in [-0.3, -0.25) is 14.9 Å². The average Bonchev–Trinajstić information content (AvgIpc) is 3.16. The summed E-state index contributed by atoms with van der Waals surface area (Å²) in [6.07, 6.45) is 1.32. The number of non-ortho nitro benzene ring substituents is 1. The highest BCUT2D eigenvalue weighted by Crippen LogP contribution is 2.32. The average molecular weight is 715 g/mol. The van der Waals surface area contributed by atoms with Gasteiger partial charge in [0.2, 0.25) is 5.91 Å². The molecule has 272 valence electrons. The topological polar surface area (TPSA) is 134 Å². The van der Waals surface area contributed by atoms with E-state index in [1.165, 1.54) is 31.2 Å². The molecule has 0 saturated carbocycles. The van der Waals surface area contributed by atoms with E-state index in [9.17, 15) is 24.8 Å². The summed E-state index contributed by atoms with van der Waals surface area (Å²) in [7, 11) is 1.27. The molecule has 2 amide bonds. The number of hydrogen-bond acceptors (Lipinski definition) is 8. The third-order valence-corrected chi connectivity index (χ3v) is 9.43. The van der Waals surface area contributed by atoms with Gasteiger partial charge in [-0.05, 0) is 72.0 Å². The fraction of sp³-hybridized carbons (Fsp3) is 0.350. The fourth-order valence-corrected chi connectivity index (χ4v) is 6.60. The van der Waals surface area contributed by atoms with Crippen molar-refractivity contribution in [3.05, 3.63) is 136 Å². The molecule has 3 N–H and O–H groups in total. The van der Waals surface area contributed by atoms with Gasteiger partial charge in [0.15, 0.2) is 0 Å². The first-order valence-corrected chi connectivity index (χ1v) is 18.1. The number of carbonyl (C=O) groups excluding carboxylic acids is 2. The summed E-state index contributed by atoms with van der Waals surface area (Å²) in [5.74, 6) is -0.461. The molecule has 51 heavy (non-hydrogen) atoms. The van der Waals surface area contributed by atoms with Crippen molar-refractivity contribution in [2.24, 2.45) is 5.92 Å². The third-order valence-electron chi connectivity index (χ3n) is 8.23. The van der Waals surface area contributed by atoms with E-state index in [1.807, 2.05) is 98.8 Å². The van der Waals surface area contributed by atoms with Crippen LogP contribution in [0.4, 0.5) is 16.2 Å². The van der Waals surface area contributed by atoms with Crippen LogP contribution in [0.25, 0.3) is 0 Å². The number of amides is 2. The number of carbonyl (C=O) groups is 2. The first-order valence-electron chi connectivity index (χ1n) is 17.3. The molecule has 10 nitrogen and oxygen atoms in total. The zero-order valence-corrected chi connectivity index (χ0v) is 30.8. The number of anilines is 1. The highest BCUT2D eigenvalue weighted by molar-refractivity contribution is 7.97. The Labute approximate surface area is 305 Å². The van der Waals surface area contributed by atoms with E-state index in [1.54, 1.807) is 12.1 Å². The second kappa shape index (κ2) is 21.5. The van der Waals surface area contributed by atoms with Gasteiger partial charge in [-0.25, -0.2) is 9.10 Å². The molecule has 0 aliphatic heterocycles. The summed E-state index contributed by atoms with van der Waals surface area (Å²) in [4.78, 5) is 38.3. The molecule has 11 heteroatoms. The number of aliphatic hydroxyl groups excluding tert-OH is 1. The Morgan fingerprint density at radius 3 is 1.96 bits per heavy atom. The maximum atomic E-state index is 14.2. The van der Waals surface area contributed by atoms with Crippen molar-refractivity contribution in [2.45, 2.75) is 69.9 Å². The minimum atomic E-state index is -1.000. The lowest BCUT2D eigenvalue weighted by molar-refractivity contribution is -0.384. The zero-order valence-electron chi connectivity index (χ0n) is 30.0. The number of methoxy groups -OCH3 is 1. The summed E-state index contributed by atoms with van der Waals surface area (Å²) in [6, 6.07) is 31.8. The molecule has 2 unspecified atom stereocenters. The number of alkyl carbamates (subject to hydrolysis) is 1. The van der Waals surface area contributed by atoms with E-state index >= 15 is 0 Å². The third kappa shape index (κ3) is 12.5. The van der Waals surface area contributed by atoms with Crippen molar-refractivity contribution >= 4 is 35.3 Å². The number of nitrogens with one attached hydrogen (secondary N) is 2. The van der Waals surface area contributed by atoms with E-state index in [-0.39, 0.29) is 18.3 Å². The molecule has 4 aromatic rings. The van der Waals surface area contributed by atoms with Crippen LogP contribution < -0.4 is 10.6 Å². The largest absolute Gasteiger partial charge is 0.453 e. The lowest BCUT2D eigenvalue weighted by atomic mass is 9.84. The Hall–Kier alpha value is -4.71. The predicted molar refractivity (Wildman–Crippen MR) is 205 cm³/mol. The molecule has 0 bridgehead atoms. The van der Waals surface area contributed by atoms with Crippen LogP contribution in [0.15, 0.2) is 114 Å². The molecular weight excluding hydrogens is 665 g/mol. The zero-order chi connectivity index (χ0) is 37.2. The van der Waals surface area contributed by atoms with Crippen LogP contribution in [-0.2, 0) is 16.0 Å².